The molecule has 0 aromatic heterocycles. The van der Waals surface area contributed by atoms with Gasteiger partial charge in [0.1, 0.15) is 0 Å². The second kappa shape index (κ2) is 5.88. The van der Waals surface area contributed by atoms with Gasteiger partial charge in [-0.2, -0.15) is 0 Å². The average molecular weight is 291 g/mol. The second-order valence-electron chi connectivity index (χ2n) is 3.83. The third-order valence-corrected chi connectivity index (χ3v) is 4.06. The summed E-state index contributed by atoms with van der Waals surface area (Å²) < 4.78 is 0.951. The summed E-state index contributed by atoms with van der Waals surface area (Å²) in [5.74, 6) is 0.604. The molecule has 0 radical (unpaired) electrons. The molecule has 1 rings (SSSR count). The standard InChI is InChI=1S/C12H17BrClN/c1-4-8(2)12(15-3)9-5-6-10(13)11(14)7-9/h5-8,12,15H,4H2,1-3H3. The fraction of sp³-hybridized carbons (Fsp3) is 0.500. The van der Waals surface area contributed by atoms with Gasteiger partial charge in [-0.05, 0) is 46.6 Å². The first kappa shape index (κ1) is 13.0. The Morgan fingerprint density at radius 3 is 2.60 bits per heavy atom. The lowest BCUT2D eigenvalue weighted by Crippen LogP contribution is -2.23. The van der Waals surface area contributed by atoms with Crippen LogP contribution in [0.2, 0.25) is 5.02 Å². The van der Waals surface area contributed by atoms with Gasteiger partial charge in [0.05, 0.1) is 5.02 Å². The van der Waals surface area contributed by atoms with E-state index in [0.29, 0.717) is 12.0 Å². The van der Waals surface area contributed by atoms with E-state index in [9.17, 15) is 0 Å². The molecule has 2 unspecified atom stereocenters. The summed E-state index contributed by atoms with van der Waals surface area (Å²) in [7, 11) is 1.99. The molecular weight excluding hydrogens is 273 g/mol. The summed E-state index contributed by atoms with van der Waals surface area (Å²) in [5.41, 5.74) is 1.25. The minimum atomic E-state index is 0.376. The summed E-state index contributed by atoms with van der Waals surface area (Å²) in [6.45, 7) is 4.45. The van der Waals surface area contributed by atoms with Gasteiger partial charge in [0.15, 0.2) is 0 Å². The molecule has 0 aliphatic carbocycles. The molecule has 84 valence electrons. The first-order chi connectivity index (χ1) is 7.10. The Balaban J connectivity index is 2.97. The fourth-order valence-electron chi connectivity index (χ4n) is 1.72. The smallest absolute Gasteiger partial charge is 0.0551 e. The van der Waals surface area contributed by atoms with E-state index in [4.69, 9.17) is 11.6 Å². The fourth-order valence-corrected chi connectivity index (χ4v) is 2.16. The number of halogens is 2. The van der Waals surface area contributed by atoms with Crippen molar-refractivity contribution in [3.63, 3.8) is 0 Å². The molecule has 0 aliphatic rings. The van der Waals surface area contributed by atoms with Crippen LogP contribution in [0, 0.1) is 5.92 Å². The van der Waals surface area contributed by atoms with Crippen molar-refractivity contribution in [2.75, 3.05) is 7.05 Å². The molecule has 0 spiro atoms. The van der Waals surface area contributed by atoms with Gasteiger partial charge in [-0.3, -0.25) is 0 Å². The third-order valence-electron chi connectivity index (χ3n) is 2.83. The minimum Gasteiger partial charge on any atom is -0.313 e. The zero-order valence-corrected chi connectivity index (χ0v) is 11.7. The van der Waals surface area contributed by atoms with Crippen molar-refractivity contribution in [3.05, 3.63) is 33.3 Å². The van der Waals surface area contributed by atoms with Crippen LogP contribution in [-0.4, -0.2) is 7.05 Å². The van der Waals surface area contributed by atoms with Crippen LogP contribution in [0.5, 0.6) is 0 Å². The Labute approximate surface area is 105 Å². The first-order valence-electron chi connectivity index (χ1n) is 5.22. The number of hydrogen-bond donors (Lipinski definition) is 1. The molecule has 0 bridgehead atoms. The van der Waals surface area contributed by atoms with Gasteiger partial charge in [0.2, 0.25) is 0 Å². The van der Waals surface area contributed by atoms with Gasteiger partial charge in [-0.1, -0.05) is 37.9 Å². The average Bonchev–Trinajstić information content (AvgIpc) is 2.24. The van der Waals surface area contributed by atoms with Crippen LogP contribution in [0.15, 0.2) is 22.7 Å². The topological polar surface area (TPSA) is 12.0 Å². The molecule has 3 heteroatoms. The Bertz CT molecular complexity index is 327. The highest BCUT2D eigenvalue weighted by molar-refractivity contribution is 9.10. The Morgan fingerprint density at radius 1 is 1.47 bits per heavy atom. The van der Waals surface area contributed by atoms with Crippen molar-refractivity contribution in [2.24, 2.45) is 5.92 Å². The van der Waals surface area contributed by atoms with Crippen LogP contribution >= 0.6 is 27.5 Å². The van der Waals surface area contributed by atoms with E-state index in [1.54, 1.807) is 0 Å². The van der Waals surface area contributed by atoms with Gasteiger partial charge in [-0.25, -0.2) is 0 Å². The molecule has 1 N–H and O–H groups in total. The molecule has 15 heavy (non-hydrogen) atoms. The molecule has 1 aromatic rings. The van der Waals surface area contributed by atoms with E-state index < -0.39 is 0 Å². The van der Waals surface area contributed by atoms with Crippen LogP contribution in [0.25, 0.3) is 0 Å². The Kier molecular flexibility index (Phi) is 5.10. The molecular formula is C12H17BrClN. The van der Waals surface area contributed by atoms with Crippen molar-refractivity contribution in [3.8, 4) is 0 Å². The van der Waals surface area contributed by atoms with E-state index in [2.05, 4.69) is 41.2 Å². The van der Waals surface area contributed by atoms with E-state index >= 15 is 0 Å². The number of hydrogen-bond acceptors (Lipinski definition) is 1. The largest absolute Gasteiger partial charge is 0.313 e. The zero-order valence-electron chi connectivity index (χ0n) is 9.35. The lowest BCUT2D eigenvalue weighted by Gasteiger charge is -2.23. The lowest BCUT2D eigenvalue weighted by atomic mass is 9.93. The van der Waals surface area contributed by atoms with Crippen LogP contribution < -0.4 is 5.32 Å². The molecule has 0 saturated carbocycles. The second-order valence-corrected chi connectivity index (χ2v) is 5.09. The number of nitrogens with one attached hydrogen (secondary N) is 1. The highest BCUT2D eigenvalue weighted by Crippen LogP contribution is 2.29. The van der Waals surface area contributed by atoms with E-state index in [1.807, 2.05) is 19.2 Å². The molecule has 0 amide bonds. The van der Waals surface area contributed by atoms with Crippen molar-refractivity contribution in [1.29, 1.82) is 0 Å². The highest BCUT2D eigenvalue weighted by atomic mass is 79.9. The molecule has 0 saturated heterocycles. The van der Waals surface area contributed by atoms with Crippen molar-refractivity contribution in [2.45, 2.75) is 26.3 Å². The summed E-state index contributed by atoms with van der Waals surface area (Å²) in [6, 6.07) is 6.52. The summed E-state index contributed by atoms with van der Waals surface area (Å²) in [6.07, 6.45) is 1.15. The van der Waals surface area contributed by atoms with Crippen LogP contribution in [0.4, 0.5) is 0 Å². The van der Waals surface area contributed by atoms with Crippen molar-refractivity contribution < 1.29 is 0 Å². The SMILES string of the molecule is CCC(C)C(NC)c1ccc(Br)c(Cl)c1. The molecule has 1 aromatic carbocycles. The lowest BCUT2D eigenvalue weighted by molar-refractivity contribution is 0.400. The van der Waals surface area contributed by atoms with Crippen LogP contribution in [0.3, 0.4) is 0 Å². The van der Waals surface area contributed by atoms with Crippen molar-refractivity contribution in [1.82, 2.24) is 5.32 Å². The predicted molar refractivity (Wildman–Crippen MR) is 70.4 cm³/mol. The normalized spacial score (nSPS) is 15.0. The minimum absolute atomic E-state index is 0.376. The Morgan fingerprint density at radius 2 is 2.13 bits per heavy atom. The maximum Gasteiger partial charge on any atom is 0.0551 e. The maximum absolute atomic E-state index is 6.09. The summed E-state index contributed by atoms with van der Waals surface area (Å²) >= 11 is 9.49. The Hall–Kier alpha value is -0.0500. The molecule has 0 aliphatic heterocycles. The quantitative estimate of drug-likeness (QED) is 0.866. The highest BCUT2D eigenvalue weighted by Gasteiger charge is 2.16. The van der Waals surface area contributed by atoms with Gasteiger partial charge < -0.3 is 5.32 Å². The monoisotopic (exact) mass is 289 g/mol. The number of benzene rings is 1. The zero-order chi connectivity index (χ0) is 11.4. The number of rotatable bonds is 4. The third kappa shape index (κ3) is 3.20. The predicted octanol–water partition coefficient (Wildman–Crippen LogP) is 4.41. The molecule has 0 fully saturated rings. The summed E-state index contributed by atoms with van der Waals surface area (Å²) in [4.78, 5) is 0. The van der Waals surface area contributed by atoms with E-state index in [-0.39, 0.29) is 0 Å². The maximum atomic E-state index is 6.09. The van der Waals surface area contributed by atoms with E-state index in [1.165, 1.54) is 5.56 Å². The molecule has 2 atom stereocenters. The van der Waals surface area contributed by atoms with E-state index in [0.717, 1.165) is 15.9 Å². The molecule has 1 nitrogen and oxygen atoms in total. The van der Waals surface area contributed by atoms with Gasteiger partial charge >= 0.3 is 0 Å². The van der Waals surface area contributed by atoms with Crippen LogP contribution in [0.1, 0.15) is 31.9 Å². The first-order valence-corrected chi connectivity index (χ1v) is 6.39. The van der Waals surface area contributed by atoms with Gasteiger partial charge in [0.25, 0.3) is 0 Å². The van der Waals surface area contributed by atoms with Gasteiger partial charge in [0, 0.05) is 10.5 Å². The van der Waals surface area contributed by atoms with Gasteiger partial charge in [-0.15, -0.1) is 0 Å². The molecule has 0 heterocycles. The summed E-state index contributed by atoms with van der Waals surface area (Å²) in [5, 5.41) is 4.12. The van der Waals surface area contributed by atoms with Crippen LogP contribution in [-0.2, 0) is 0 Å². The van der Waals surface area contributed by atoms with Crippen molar-refractivity contribution >= 4 is 27.5 Å².